The molecule has 2 aromatic heterocycles. The quantitative estimate of drug-likeness (QED) is 0.300. The largest absolute Gasteiger partial charge is 0.481 e. The van der Waals surface area contributed by atoms with E-state index < -0.39 is 17.7 Å². The zero-order valence-electron chi connectivity index (χ0n) is 22.2. The van der Waals surface area contributed by atoms with Crippen LogP contribution in [0.4, 0.5) is 18.9 Å². The average Bonchev–Trinajstić information content (AvgIpc) is 3.30. The number of nitrogens with zero attached hydrogens (tertiary/aromatic N) is 4. The van der Waals surface area contributed by atoms with Gasteiger partial charge < -0.3 is 15.3 Å². The van der Waals surface area contributed by atoms with Gasteiger partial charge in [0, 0.05) is 42.8 Å². The van der Waals surface area contributed by atoms with E-state index in [0.29, 0.717) is 17.2 Å². The van der Waals surface area contributed by atoms with E-state index in [-0.39, 0.29) is 35.8 Å². The number of hydrogen-bond donors (Lipinski definition) is 2. The van der Waals surface area contributed by atoms with E-state index in [1.165, 1.54) is 16.0 Å². The molecule has 0 spiro atoms. The van der Waals surface area contributed by atoms with Gasteiger partial charge in [-0.3, -0.25) is 9.59 Å². The minimum Gasteiger partial charge on any atom is -0.481 e. The molecule has 40 heavy (non-hydrogen) atoms. The number of carbonyl (C=O) groups is 2. The molecule has 0 radical (unpaired) electrons. The summed E-state index contributed by atoms with van der Waals surface area (Å²) in [6.45, 7) is 1.95. The zero-order chi connectivity index (χ0) is 29.0. The van der Waals surface area contributed by atoms with Gasteiger partial charge in [0.2, 0.25) is 0 Å². The van der Waals surface area contributed by atoms with Gasteiger partial charge in [-0.25, -0.2) is 9.67 Å². The number of nitrogens with one attached hydrogen (secondary N) is 1. The van der Waals surface area contributed by atoms with E-state index >= 15 is 0 Å². The summed E-state index contributed by atoms with van der Waals surface area (Å²) in [5.74, 6) is -0.830. The van der Waals surface area contributed by atoms with Crippen LogP contribution >= 0.6 is 11.6 Å². The number of pyridine rings is 1. The van der Waals surface area contributed by atoms with Crippen LogP contribution in [0.3, 0.4) is 0 Å². The van der Waals surface area contributed by atoms with Crippen LogP contribution in [0.25, 0.3) is 5.82 Å². The van der Waals surface area contributed by atoms with Crippen LogP contribution in [0, 0.1) is 12.8 Å². The summed E-state index contributed by atoms with van der Waals surface area (Å²) in [6, 6.07) is 7.72. The molecule has 12 heteroatoms. The van der Waals surface area contributed by atoms with Crippen molar-refractivity contribution in [1.29, 1.82) is 0 Å². The maximum absolute atomic E-state index is 13.1. The third kappa shape index (κ3) is 6.93. The molecule has 1 aromatic carbocycles. The topological polar surface area (TPSA) is 100 Å². The van der Waals surface area contributed by atoms with Gasteiger partial charge >= 0.3 is 12.1 Å². The molecule has 1 fully saturated rings. The molecule has 0 saturated heterocycles. The molecular weight excluding hydrogens is 547 g/mol. The van der Waals surface area contributed by atoms with Crippen LogP contribution in [0.1, 0.15) is 71.7 Å². The van der Waals surface area contributed by atoms with Crippen molar-refractivity contribution in [2.45, 2.75) is 57.7 Å². The minimum atomic E-state index is -4.55. The Kier molecular flexibility index (Phi) is 9.02. The molecule has 8 nitrogen and oxygen atoms in total. The molecule has 2 heterocycles. The molecule has 3 aromatic rings. The highest BCUT2D eigenvalue weighted by Crippen LogP contribution is 2.39. The van der Waals surface area contributed by atoms with E-state index in [4.69, 9.17) is 16.7 Å². The monoisotopic (exact) mass is 577 g/mol. The second-order valence-electron chi connectivity index (χ2n) is 10.1. The molecule has 1 atom stereocenters. The predicted molar refractivity (Wildman–Crippen MR) is 145 cm³/mol. The number of halogens is 4. The van der Waals surface area contributed by atoms with Gasteiger partial charge in [0.05, 0.1) is 28.7 Å². The molecule has 1 unspecified atom stereocenters. The summed E-state index contributed by atoms with van der Waals surface area (Å²) >= 11 is 6.19. The van der Waals surface area contributed by atoms with Crippen LogP contribution in [0.2, 0.25) is 5.02 Å². The van der Waals surface area contributed by atoms with Crippen molar-refractivity contribution in [2.24, 2.45) is 5.92 Å². The first-order valence-electron chi connectivity index (χ1n) is 13.1. The highest BCUT2D eigenvalue weighted by molar-refractivity contribution is 6.32. The van der Waals surface area contributed by atoms with E-state index in [0.717, 1.165) is 49.2 Å². The number of aromatic nitrogens is 3. The number of hydrogen-bond acceptors (Lipinski definition) is 5. The van der Waals surface area contributed by atoms with Crippen molar-refractivity contribution >= 4 is 29.2 Å². The second-order valence-corrected chi connectivity index (χ2v) is 10.5. The summed E-state index contributed by atoms with van der Waals surface area (Å²) in [5.41, 5.74) is 1.89. The number of aliphatic carboxylic acids is 1. The summed E-state index contributed by atoms with van der Waals surface area (Å²) in [5, 5.41) is 16.8. The maximum atomic E-state index is 13.1. The van der Waals surface area contributed by atoms with E-state index in [2.05, 4.69) is 15.4 Å². The van der Waals surface area contributed by atoms with Crippen LogP contribution in [0.15, 0.2) is 42.7 Å². The molecule has 1 aliphatic carbocycles. The Morgan fingerprint density at radius 1 is 1.20 bits per heavy atom. The molecule has 214 valence electrons. The van der Waals surface area contributed by atoms with Crippen LogP contribution in [0.5, 0.6) is 0 Å². The SMILES string of the molecule is Cc1nn(-c2ncc(C(F)(F)F)cc2Cl)cc1C(Nc1ccc(C(=O)N(C)CCC(=O)O)cc1)C1CCCCC1. The fourth-order valence-electron chi connectivity index (χ4n) is 5.03. The summed E-state index contributed by atoms with van der Waals surface area (Å²) < 4.78 is 40.7. The molecule has 1 saturated carbocycles. The zero-order valence-corrected chi connectivity index (χ0v) is 23.0. The number of carboxylic acids is 1. The Balaban J connectivity index is 1.59. The molecule has 1 amide bonds. The van der Waals surface area contributed by atoms with Crippen molar-refractivity contribution in [3.63, 3.8) is 0 Å². The Morgan fingerprint density at radius 3 is 2.48 bits per heavy atom. The second kappa shape index (κ2) is 12.3. The molecular formula is C28H31ClF3N5O3. The molecule has 0 aliphatic heterocycles. The Labute approximate surface area is 235 Å². The lowest BCUT2D eigenvalue weighted by Gasteiger charge is -2.31. The van der Waals surface area contributed by atoms with Crippen LogP contribution in [-0.2, 0) is 11.0 Å². The number of anilines is 1. The summed E-state index contributed by atoms with van der Waals surface area (Å²) in [4.78, 5) is 28.8. The van der Waals surface area contributed by atoms with Gasteiger partial charge in [0.25, 0.3) is 5.91 Å². The highest BCUT2D eigenvalue weighted by atomic mass is 35.5. The highest BCUT2D eigenvalue weighted by Gasteiger charge is 2.32. The summed E-state index contributed by atoms with van der Waals surface area (Å²) in [7, 11) is 1.56. The number of amides is 1. The van der Waals surface area contributed by atoms with Crippen molar-refractivity contribution in [3.8, 4) is 5.82 Å². The number of aryl methyl sites for hydroxylation is 1. The minimum absolute atomic E-state index is 0.110. The first-order chi connectivity index (χ1) is 18.9. The maximum Gasteiger partial charge on any atom is 0.417 e. The molecule has 4 rings (SSSR count). The predicted octanol–water partition coefficient (Wildman–Crippen LogP) is 6.53. The number of carbonyl (C=O) groups excluding carboxylic acids is 1. The molecule has 0 bridgehead atoms. The first kappa shape index (κ1) is 29.4. The van der Waals surface area contributed by atoms with Crippen molar-refractivity contribution in [1.82, 2.24) is 19.7 Å². The standard InChI is InChI=1S/C28H31ClF3N5O3/c1-17-22(16-37(35-17)26-23(29)14-20(15-33-26)28(30,31)32)25(18-6-4-3-5-7-18)34-21-10-8-19(9-11-21)27(40)36(2)13-12-24(38)39/h8-11,14-16,18,25,34H,3-7,12-13H2,1-2H3,(H,38,39). The smallest absolute Gasteiger partial charge is 0.417 e. The first-order valence-corrected chi connectivity index (χ1v) is 13.4. The van der Waals surface area contributed by atoms with E-state index in [9.17, 15) is 22.8 Å². The fraction of sp³-hybridized carbons (Fsp3) is 0.429. The lowest BCUT2D eigenvalue weighted by molar-refractivity contribution is -0.138. The lowest BCUT2D eigenvalue weighted by Crippen LogP contribution is -2.29. The molecule has 2 N–H and O–H groups in total. The normalized spacial score (nSPS) is 15.1. The van der Waals surface area contributed by atoms with Gasteiger partial charge in [0.15, 0.2) is 5.82 Å². The third-order valence-electron chi connectivity index (χ3n) is 7.22. The van der Waals surface area contributed by atoms with Crippen molar-refractivity contribution < 1.29 is 27.9 Å². The van der Waals surface area contributed by atoms with Crippen LogP contribution < -0.4 is 5.32 Å². The average molecular weight is 578 g/mol. The lowest BCUT2D eigenvalue weighted by atomic mass is 9.81. The molecule has 1 aliphatic rings. The summed E-state index contributed by atoms with van der Waals surface area (Å²) in [6.07, 6.45) is 3.19. The fourth-order valence-corrected chi connectivity index (χ4v) is 5.29. The van der Waals surface area contributed by atoms with Gasteiger partial charge in [-0.05, 0) is 56.0 Å². The Bertz CT molecular complexity index is 1350. The number of carboxylic acid groups (broad SMARTS) is 1. The van der Waals surface area contributed by atoms with Crippen LogP contribution in [-0.4, -0.2) is 50.2 Å². The van der Waals surface area contributed by atoms with Gasteiger partial charge in [0.1, 0.15) is 0 Å². The number of alkyl halides is 3. The van der Waals surface area contributed by atoms with E-state index in [1.807, 2.05) is 19.1 Å². The van der Waals surface area contributed by atoms with Gasteiger partial charge in [-0.15, -0.1) is 0 Å². The van der Waals surface area contributed by atoms with Gasteiger partial charge in [-0.2, -0.15) is 18.3 Å². The van der Waals surface area contributed by atoms with E-state index in [1.54, 1.807) is 25.4 Å². The van der Waals surface area contributed by atoms with Crippen molar-refractivity contribution in [2.75, 3.05) is 18.9 Å². The van der Waals surface area contributed by atoms with Crippen molar-refractivity contribution in [3.05, 3.63) is 70.1 Å². The Hall–Kier alpha value is -3.60. The number of rotatable bonds is 9. The Morgan fingerprint density at radius 2 is 1.88 bits per heavy atom. The van der Waals surface area contributed by atoms with Gasteiger partial charge in [-0.1, -0.05) is 30.9 Å². The third-order valence-corrected chi connectivity index (χ3v) is 7.50. The number of benzene rings is 1.